The first-order valence-corrected chi connectivity index (χ1v) is 7.35. The molecule has 4 nitrogen and oxygen atoms in total. The lowest BCUT2D eigenvalue weighted by atomic mass is 10.0. The van der Waals surface area contributed by atoms with Gasteiger partial charge in [-0.1, -0.05) is 12.1 Å². The predicted octanol–water partition coefficient (Wildman–Crippen LogP) is 3.55. The van der Waals surface area contributed by atoms with E-state index in [0.717, 1.165) is 41.0 Å². The number of hydrogen-bond donors (Lipinski definition) is 0. The van der Waals surface area contributed by atoms with E-state index in [-0.39, 0.29) is 5.97 Å². The lowest BCUT2D eigenvalue weighted by Crippen LogP contribution is -2.04. The molecule has 0 spiro atoms. The van der Waals surface area contributed by atoms with Crippen LogP contribution in [0, 0.1) is 0 Å². The Hall–Kier alpha value is -2.62. The van der Waals surface area contributed by atoms with Crippen LogP contribution < -0.4 is 0 Å². The number of rotatable bonds is 4. The zero-order valence-corrected chi connectivity index (χ0v) is 12.4. The Bertz CT molecular complexity index is 696. The molecule has 4 heteroatoms. The third kappa shape index (κ3) is 2.86. The zero-order valence-electron chi connectivity index (χ0n) is 12.4. The van der Waals surface area contributed by atoms with Gasteiger partial charge in [0.05, 0.1) is 18.6 Å². The van der Waals surface area contributed by atoms with Crippen molar-refractivity contribution in [1.82, 2.24) is 4.98 Å². The van der Waals surface area contributed by atoms with Gasteiger partial charge in [0, 0.05) is 23.4 Å². The maximum Gasteiger partial charge on any atom is 0.331 e. The van der Waals surface area contributed by atoms with Gasteiger partial charge in [-0.3, -0.25) is 4.98 Å². The van der Waals surface area contributed by atoms with Gasteiger partial charge < -0.3 is 9.47 Å². The number of fused-ring (bicyclic) bond motifs is 1. The summed E-state index contributed by atoms with van der Waals surface area (Å²) in [5, 5.41) is 0. The van der Waals surface area contributed by atoms with Gasteiger partial charge in [0.2, 0.25) is 0 Å². The Morgan fingerprint density at radius 1 is 1.41 bits per heavy atom. The average molecular weight is 295 g/mol. The van der Waals surface area contributed by atoms with Gasteiger partial charge in [-0.25, -0.2) is 4.79 Å². The second-order valence-corrected chi connectivity index (χ2v) is 4.97. The number of carbonyl (C=O) groups excluding carboxylic acids is 1. The average Bonchev–Trinajstić information content (AvgIpc) is 2.98. The standard InChI is InChI=1S/C18H17NO3/c1-2-21-17(20)12-15(16-7-3-4-10-19-16)14-9-8-13-6-5-11-22-18(13)14/h3-7,10-12H,2,8-9H2,1H3. The van der Waals surface area contributed by atoms with E-state index in [4.69, 9.17) is 9.47 Å². The molecule has 0 amide bonds. The Balaban J connectivity index is 2.05. The van der Waals surface area contributed by atoms with Gasteiger partial charge in [-0.2, -0.15) is 0 Å². The van der Waals surface area contributed by atoms with Crippen LogP contribution in [0.3, 0.4) is 0 Å². The number of aromatic nitrogens is 1. The third-order valence-corrected chi connectivity index (χ3v) is 3.59. The molecule has 0 N–H and O–H groups in total. The fourth-order valence-corrected chi connectivity index (χ4v) is 2.65. The van der Waals surface area contributed by atoms with Crippen molar-refractivity contribution >= 4 is 11.5 Å². The Morgan fingerprint density at radius 3 is 3.09 bits per heavy atom. The van der Waals surface area contributed by atoms with Gasteiger partial charge in [0.25, 0.3) is 0 Å². The molecule has 22 heavy (non-hydrogen) atoms. The van der Waals surface area contributed by atoms with Crippen LogP contribution >= 0.6 is 0 Å². The van der Waals surface area contributed by atoms with E-state index >= 15 is 0 Å². The lowest BCUT2D eigenvalue weighted by molar-refractivity contribution is -0.137. The van der Waals surface area contributed by atoms with Crippen LogP contribution in [-0.4, -0.2) is 17.6 Å². The highest BCUT2D eigenvalue weighted by Gasteiger charge is 2.26. The summed E-state index contributed by atoms with van der Waals surface area (Å²) < 4.78 is 10.7. The van der Waals surface area contributed by atoms with Crippen LogP contribution in [0.5, 0.6) is 0 Å². The second kappa shape index (κ2) is 6.43. The minimum absolute atomic E-state index is 0.348. The smallest absolute Gasteiger partial charge is 0.331 e. The Morgan fingerprint density at radius 2 is 2.32 bits per heavy atom. The summed E-state index contributed by atoms with van der Waals surface area (Å²) in [6.45, 7) is 2.14. The highest BCUT2D eigenvalue weighted by atomic mass is 16.5. The van der Waals surface area contributed by atoms with Crippen molar-refractivity contribution in [1.29, 1.82) is 0 Å². The maximum atomic E-state index is 11.9. The molecule has 0 bridgehead atoms. The largest absolute Gasteiger partial charge is 0.464 e. The van der Waals surface area contributed by atoms with E-state index in [1.54, 1.807) is 19.4 Å². The van der Waals surface area contributed by atoms with Crippen molar-refractivity contribution in [2.24, 2.45) is 0 Å². The molecule has 1 aromatic rings. The van der Waals surface area contributed by atoms with Crippen LogP contribution in [0.4, 0.5) is 0 Å². The summed E-state index contributed by atoms with van der Waals surface area (Å²) in [6.07, 6.45) is 10.5. The van der Waals surface area contributed by atoms with Gasteiger partial charge in [-0.15, -0.1) is 0 Å². The molecule has 1 aliphatic heterocycles. The number of carbonyl (C=O) groups is 1. The molecule has 0 aromatic carbocycles. The summed E-state index contributed by atoms with van der Waals surface area (Å²) in [5.41, 5.74) is 3.68. The summed E-state index contributed by atoms with van der Waals surface area (Å²) in [4.78, 5) is 16.3. The van der Waals surface area contributed by atoms with Crippen molar-refractivity contribution in [3.05, 3.63) is 71.5 Å². The zero-order chi connectivity index (χ0) is 15.4. The maximum absolute atomic E-state index is 11.9. The van der Waals surface area contributed by atoms with E-state index in [9.17, 15) is 4.79 Å². The third-order valence-electron chi connectivity index (χ3n) is 3.59. The number of ether oxygens (including phenoxy) is 2. The number of pyridine rings is 1. The van der Waals surface area contributed by atoms with Gasteiger partial charge >= 0.3 is 5.97 Å². The first-order chi connectivity index (χ1) is 10.8. The molecule has 1 aliphatic carbocycles. The lowest BCUT2D eigenvalue weighted by Gasteiger charge is -2.13. The Labute approximate surface area is 129 Å². The molecular weight excluding hydrogens is 278 g/mol. The quantitative estimate of drug-likeness (QED) is 0.629. The fraction of sp³-hybridized carbons (Fsp3) is 0.222. The predicted molar refractivity (Wildman–Crippen MR) is 83.4 cm³/mol. The van der Waals surface area contributed by atoms with Gasteiger partial charge in [0.1, 0.15) is 5.76 Å². The van der Waals surface area contributed by atoms with Crippen LogP contribution in [0.1, 0.15) is 25.5 Å². The fourth-order valence-electron chi connectivity index (χ4n) is 2.65. The molecule has 0 saturated heterocycles. The van der Waals surface area contributed by atoms with Crippen molar-refractivity contribution < 1.29 is 14.3 Å². The summed E-state index contributed by atoms with van der Waals surface area (Å²) in [6, 6.07) is 5.64. The van der Waals surface area contributed by atoms with Gasteiger partial charge in [-0.05, 0) is 43.5 Å². The van der Waals surface area contributed by atoms with E-state index in [0.29, 0.717) is 6.61 Å². The minimum atomic E-state index is -0.361. The minimum Gasteiger partial charge on any atom is -0.464 e. The molecule has 2 heterocycles. The molecule has 3 rings (SSSR count). The van der Waals surface area contributed by atoms with Crippen molar-refractivity contribution in [3.8, 4) is 0 Å². The molecule has 0 atom stereocenters. The van der Waals surface area contributed by atoms with Crippen molar-refractivity contribution in [2.75, 3.05) is 6.61 Å². The highest BCUT2D eigenvalue weighted by molar-refractivity contribution is 5.96. The second-order valence-electron chi connectivity index (χ2n) is 4.97. The monoisotopic (exact) mass is 295 g/mol. The van der Waals surface area contributed by atoms with Crippen molar-refractivity contribution in [3.63, 3.8) is 0 Å². The van der Waals surface area contributed by atoms with Crippen LogP contribution in [0.25, 0.3) is 5.57 Å². The molecular formula is C18H17NO3. The summed E-state index contributed by atoms with van der Waals surface area (Å²) in [5.74, 6) is 0.476. The number of nitrogens with zero attached hydrogens (tertiary/aromatic N) is 1. The first-order valence-electron chi connectivity index (χ1n) is 7.35. The van der Waals surface area contributed by atoms with Crippen LogP contribution in [0.15, 0.2) is 65.8 Å². The molecule has 0 fully saturated rings. The number of hydrogen-bond acceptors (Lipinski definition) is 4. The molecule has 0 radical (unpaired) electrons. The van der Waals surface area contributed by atoms with E-state index in [1.807, 2.05) is 30.4 Å². The van der Waals surface area contributed by atoms with E-state index in [2.05, 4.69) is 4.98 Å². The summed E-state index contributed by atoms with van der Waals surface area (Å²) in [7, 11) is 0. The number of esters is 1. The van der Waals surface area contributed by atoms with E-state index < -0.39 is 0 Å². The SMILES string of the molecule is CCOC(=O)C=C(C1=C2OC=CC=C2CC1)c1ccccn1. The summed E-state index contributed by atoms with van der Waals surface area (Å²) >= 11 is 0. The van der Waals surface area contributed by atoms with E-state index in [1.165, 1.54) is 6.08 Å². The topological polar surface area (TPSA) is 48.4 Å². The molecule has 2 aliphatic rings. The van der Waals surface area contributed by atoms with Crippen molar-refractivity contribution in [2.45, 2.75) is 19.8 Å². The molecule has 1 aromatic heterocycles. The van der Waals surface area contributed by atoms with Crippen LogP contribution in [-0.2, 0) is 14.3 Å². The van der Waals surface area contributed by atoms with Gasteiger partial charge in [0.15, 0.2) is 0 Å². The number of allylic oxidation sites excluding steroid dienone is 5. The molecule has 0 unspecified atom stereocenters. The molecule has 112 valence electrons. The highest BCUT2D eigenvalue weighted by Crippen LogP contribution is 2.40. The normalized spacial score (nSPS) is 17.0. The first kappa shape index (κ1) is 14.3. The molecule has 0 saturated carbocycles. The van der Waals surface area contributed by atoms with Crippen LogP contribution in [0.2, 0.25) is 0 Å². The Kier molecular flexibility index (Phi) is 4.19.